The summed E-state index contributed by atoms with van der Waals surface area (Å²) in [6, 6.07) is 0. The van der Waals surface area contributed by atoms with Crippen molar-refractivity contribution < 1.29 is 9.59 Å². The molecule has 4 aliphatic rings. The highest BCUT2D eigenvalue weighted by atomic mass is 33.1. The van der Waals surface area contributed by atoms with E-state index in [1.165, 1.54) is 0 Å². The fourth-order valence-corrected chi connectivity index (χ4v) is 7.93. The Morgan fingerprint density at radius 3 is 1.50 bits per heavy atom. The standard InChI is InChI=1S/C24H36N2O2S2/c1-13(19-17(27)11-15-21(19)23(15,3)4)25-7-9-29-30-10-8-26-14(2)20-18(28)12-16-22(20)24(16,5)6/h15-16,21-22,25-26H,7-12H2,1-6H3/t15-,16-,21-,22-/m1/s1. The van der Waals surface area contributed by atoms with Crippen molar-refractivity contribution in [1.29, 1.82) is 0 Å². The average molecular weight is 449 g/mol. The van der Waals surface area contributed by atoms with Crippen LogP contribution >= 0.6 is 21.6 Å². The van der Waals surface area contributed by atoms with E-state index in [4.69, 9.17) is 0 Å². The molecule has 4 aliphatic carbocycles. The van der Waals surface area contributed by atoms with Crippen molar-refractivity contribution in [3.8, 4) is 0 Å². The number of fused-ring (bicyclic) bond motifs is 2. The molecule has 0 radical (unpaired) electrons. The second kappa shape index (κ2) is 7.91. The van der Waals surface area contributed by atoms with Gasteiger partial charge in [0, 0.05) is 60.0 Å². The smallest absolute Gasteiger partial charge is 0.161 e. The van der Waals surface area contributed by atoms with Crippen molar-refractivity contribution in [2.75, 3.05) is 24.6 Å². The summed E-state index contributed by atoms with van der Waals surface area (Å²) in [5.41, 5.74) is 4.95. The van der Waals surface area contributed by atoms with Gasteiger partial charge in [-0.15, -0.1) is 0 Å². The normalized spacial score (nSPS) is 35.7. The van der Waals surface area contributed by atoms with Gasteiger partial charge in [-0.1, -0.05) is 49.3 Å². The number of nitrogens with one attached hydrogen (secondary N) is 2. The first-order valence-corrected chi connectivity index (χ1v) is 13.8. The van der Waals surface area contributed by atoms with Crippen LogP contribution in [-0.4, -0.2) is 36.2 Å². The molecule has 4 rings (SSSR count). The van der Waals surface area contributed by atoms with Crippen molar-refractivity contribution in [3.63, 3.8) is 0 Å². The highest BCUT2D eigenvalue weighted by Crippen LogP contribution is 2.68. The monoisotopic (exact) mass is 448 g/mol. The van der Waals surface area contributed by atoms with E-state index in [9.17, 15) is 9.59 Å². The van der Waals surface area contributed by atoms with Crippen LogP contribution in [0, 0.1) is 34.5 Å². The zero-order chi connectivity index (χ0) is 21.8. The molecule has 0 aromatic heterocycles. The van der Waals surface area contributed by atoms with Gasteiger partial charge in [-0.2, -0.15) is 0 Å². The topological polar surface area (TPSA) is 58.2 Å². The maximum absolute atomic E-state index is 12.2. The largest absolute Gasteiger partial charge is 0.387 e. The SMILES string of the molecule is CC(NCCSSCCNC(C)=C1C(=O)C[C@@H]2[C@H]1C2(C)C)=C1C(=O)C[C@@H]2[C@H]1C2(C)C. The average Bonchev–Trinajstić information content (AvgIpc) is 3.16. The molecule has 30 heavy (non-hydrogen) atoms. The summed E-state index contributed by atoms with van der Waals surface area (Å²) in [6.07, 6.45) is 1.48. The number of hydrogen-bond donors (Lipinski definition) is 2. The molecule has 2 N–H and O–H groups in total. The van der Waals surface area contributed by atoms with E-state index in [1.54, 1.807) is 0 Å². The maximum atomic E-state index is 12.2. The van der Waals surface area contributed by atoms with E-state index in [2.05, 4.69) is 52.2 Å². The molecular formula is C24H36N2O2S2. The lowest BCUT2D eigenvalue weighted by atomic mass is 9.95. The Labute approximate surface area is 189 Å². The van der Waals surface area contributed by atoms with Crippen LogP contribution in [0.4, 0.5) is 0 Å². The highest BCUT2D eigenvalue weighted by molar-refractivity contribution is 8.76. The van der Waals surface area contributed by atoms with Crippen LogP contribution in [0.3, 0.4) is 0 Å². The third kappa shape index (κ3) is 3.76. The summed E-state index contributed by atoms with van der Waals surface area (Å²) < 4.78 is 0. The molecule has 0 aliphatic heterocycles. The van der Waals surface area contributed by atoms with Gasteiger partial charge in [0.05, 0.1) is 0 Å². The lowest BCUT2D eigenvalue weighted by molar-refractivity contribution is -0.116. The fourth-order valence-electron chi connectivity index (χ4n) is 6.12. The van der Waals surface area contributed by atoms with E-state index in [0.717, 1.165) is 60.0 Å². The Kier molecular flexibility index (Phi) is 5.89. The first-order valence-electron chi connectivity index (χ1n) is 11.3. The van der Waals surface area contributed by atoms with Crippen LogP contribution in [-0.2, 0) is 9.59 Å². The molecule has 0 amide bonds. The molecule has 0 bridgehead atoms. The second-order valence-electron chi connectivity index (χ2n) is 10.6. The Bertz CT molecular complexity index is 759. The van der Waals surface area contributed by atoms with Gasteiger partial charge >= 0.3 is 0 Å². The molecule has 0 aromatic carbocycles. The molecular weight excluding hydrogens is 412 g/mol. The molecule has 6 heteroatoms. The quantitative estimate of drug-likeness (QED) is 0.306. The zero-order valence-corrected chi connectivity index (χ0v) is 20.8. The lowest BCUT2D eigenvalue weighted by Gasteiger charge is -2.15. The van der Waals surface area contributed by atoms with E-state index in [0.29, 0.717) is 46.1 Å². The summed E-state index contributed by atoms with van der Waals surface area (Å²) in [7, 11) is 3.73. The second-order valence-corrected chi connectivity index (χ2v) is 13.3. The molecule has 4 nitrogen and oxygen atoms in total. The van der Waals surface area contributed by atoms with Gasteiger partial charge < -0.3 is 10.6 Å². The molecule has 0 unspecified atom stereocenters. The minimum atomic E-state index is 0.316. The van der Waals surface area contributed by atoms with Gasteiger partial charge in [0.15, 0.2) is 11.6 Å². The predicted molar refractivity (Wildman–Crippen MR) is 127 cm³/mol. The van der Waals surface area contributed by atoms with Crippen molar-refractivity contribution in [3.05, 3.63) is 22.5 Å². The van der Waals surface area contributed by atoms with Crippen LogP contribution in [0.2, 0.25) is 0 Å². The van der Waals surface area contributed by atoms with Crippen LogP contribution in [0.15, 0.2) is 22.5 Å². The number of hydrogen-bond acceptors (Lipinski definition) is 6. The van der Waals surface area contributed by atoms with Crippen LogP contribution in [0.5, 0.6) is 0 Å². The summed E-state index contributed by atoms with van der Waals surface area (Å²) in [4.78, 5) is 24.5. The number of Topliss-reactive ketones (excluding diaryl/α,β-unsaturated/α-hetero) is 2. The summed E-state index contributed by atoms with van der Waals surface area (Å²) in [5, 5.41) is 6.96. The lowest BCUT2D eigenvalue weighted by Crippen LogP contribution is -2.21. The summed E-state index contributed by atoms with van der Waals surface area (Å²) in [6.45, 7) is 15.1. The summed E-state index contributed by atoms with van der Waals surface area (Å²) in [5.74, 6) is 4.84. The minimum Gasteiger partial charge on any atom is -0.387 e. The zero-order valence-electron chi connectivity index (χ0n) is 19.2. The van der Waals surface area contributed by atoms with Gasteiger partial charge in [0.2, 0.25) is 0 Å². The molecule has 4 saturated carbocycles. The van der Waals surface area contributed by atoms with Crippen molar-refractivity contribution in [2.45, 2.75) is 54.4 Å². The minimum absolute atomic E-state index is 0.316. The first kappa shape index (κ1) is 22.3. The third-order valence-corrected chi connectivity index (χ3v) is 10.6. The van der Waals surface area contributed by atoms with Gasteiger partial charge in [0.1, 0.15) is 0 Å². The van der Waals surface area contributed by atoms with Gasteiger partial charge in [-0.3, -0.25) is 9.59 Å². The molecule has 4 fully saturated rings. The fraction of sp³-hybridized carbons (Fsp3) is 0.750. The van der Waals surface area contributed by atoms with E-state index < -0.39 is 0 Å². The Morgan fingerprint density at radius 2 is 1.17 bits per heavy atom. The van der Waals surface area contributed by atoms with Gasteiger partial charge in [0.25, 0.3) is 0 Å². The Morgan fingerprint density at radius 1 is 0.800 bits per heavy atom. The van der Waals surface area contributed by atoms with E-state index in [1.807, 2.05) is 21.6 Å². The number of ketones is 2. The molecule has 0 aromatic rings. The number of carbonyl (C=O) groups is 2. The van der Waals surface area contributed by atoms with Crippen LogP contribution in [0.25, 0.3) is 0 Å². The van der Waals surface area contributed by atoms with Crippen molar-refractivity contribution in [1.82, 2.24) is 10.6 Å². The number of carbonyl (C=O) groups excluding carboxylic acids is 2. The van der Waals surface area contributed by atoms with Gasteiger partial charge in [-0.25, -0.2) is 0 Å². The molecule has 0 spiro atoms. The Hall–Kier alpha value is -0.880. The number of allylic oxidation sites excluding steroid dienone is 4. The molecule has 4 atom stereocenters. The highest BCUT2D eigenvalue weighted by Gasteiger charge is 2.66. The van der Waals surface area contributed by atoms with Crippen LogP contribution < -0.4 is 10.6 Å². The predicted octanol–water partition coefficient (Wildman–Crippen LogP) is 4.59. The molecule has 0 saturated heterocycles. The van der Waals surface area contributed by atoms with Crippen LogP contribution in [0.1, 0.15) is 54.4 Å². The molecule has 166 valence electrons. The maximum Gasteiger partial charge on any atom is 0.161 e. The first-order chi connectivity index (χ1) is 14.1. The Balaban J connectivity index is 1.12. The molecule has 0 heterocycles. The van der Waals surface area contributed by atoms with Crippen molar-refractivity contribution in [2.24, 2.45) is 34.5 Å². The summed E-state index contributed by atoms with van der Waals surface area (Å²) >= 11 is 0. The third-order valence-electron chi connectivity index (χ3n) is 8.18. The van der Waals surface area contributed by atoms with Crippen molar-refractivity contribution >= 4 is 33.2 Å². The van der Waals surface area contributed by atoms with E-state index >= 15 is 0 Å². The van der Waals surface area contributed by atoms with E-state index in [-0.39, 0.29) is 0 Å². The number of rotatable bonds is 9. The van der Waals surface area contributed by atoms with Gasteiger partial charge in [-0.05, 0) is 48.3 Å².